The van der Waals surface area contributed by atoms with Gasteiger partial charge in [-0.05, 0) is 38.0 Å². The third-order valence-electron chi connectivity index (χ3n) is 5.38. The van der Waals surface area contributed by atoms with Crippen LogP contribution in [0, 0.1) is 11.8 Å². The minimum absolute atomic E-state index is 0. The number of alkyl halides is 3. The minimum Gasteiger partial charge on any atom is -0.356 e. The standard InChI is InChI=1S/C17H27F3N6.HI/c1-21-16(22-10-12-5-4-6-13(9-12)17(18,19)20)23-11-15-25-24-14-7-2-3-8-26(14)15;/h12-13H,2-11H2,1H3,(H2,21,22,23);1H. The molecule has 27 heavy (non-hydrogen) atoms. The summed E-state index contributed by atoms with van der Waals surface area (Å²) in [6, 6.07) is 0. The number of hydrogen-bond donors (Lipinski definition) is 2. The first-order valence-corrected chi connectivity index (χ1v) is 9.39. The quantitative estimate of drug-likeness (QED) is 0.379. The van der Waals surface area contributed by atoms with Crippen molar-refractivity contribution in [3.05, 3.63) is 11.6 Å². The summed E-state index contributed by atoms with van der Waals surface area (Å²) in [5.41, 5.74) is 0. The fraction of sp³-hybridized carbons (Fsp3) is 0.824. The first-order chi connectivity index (χ1) is 12.5. The number of aromatic nitrogens is 3. The molecule has 1 aliphatic carbocycles. The predicted octanol–water partition coefficient (Wildman–Crippen LogP) is 3.27. The van der Waals surface area contributed by atoms with E-state index in [1.54, 1.807) is 7.05 Å². The second-order valence-electron chi connectivity index (χ2n) is 7.22. The van der Waals surface area contributed by atoms with Crippen LogP contribution >= 0.6 is 24.0 Å². The van der Waals surface area contributed by atoms with E-state index in [0.717, 1.165) is 43.9 Å². The van der Waals surface area contributed by atoms with Gasteiger partial charge < -0.3 is 15.2 Å². The van der Waals surface area contributed by atoms with Crippen molar-refractivity contribution in [3.8, 4) is 0 Å². The summed E-state index contributed by atoms with van der Waals surface area (Å²) >= 11 is 0. The van der Waals surface area contributed by atoms with Crippen LogP contribution in [0.15, 0.2) is 4.99 Å². The smallest absolute Gasteiger partial charge is 0.356 e. The third kappa shape index (κ3) is 5.95. The molecule has 2 N–H and O–H groups in total. The number of fused-ring (bicyclic) bond motifs is 1. The Labute approximate surface area is 174 Å². The summed E-state index contributed by atoms with van der Waals surface area (Å²) in [6.45, 7) is 1.94. The molecule has 1 saturated carbocycles. The van der Waals surface area contributed by atoms with Gasteiger partial charge in [-0.2, -0.15) is 13.2 Å². The largest absolute Gasteiger partial charge is 0.391 e. The molecule has 1 aromatic heterocycles. The highest BCUT2D eigenvalue weighted by atomic mass is 127. The van der Waals surface area contributed by atoms with Crippen molar-refractivity contribution in [1.82, 2.24) is 25.4 Å². The van der Waals surface area contributed by atoms with Crippen LogP contribution in [0.5, 0.6) is 0 Å². The summed E-state index contributed by atoms with van der Waals surface area (Å²) < 4.78 is 40.9. The Morgan fingerprint density at radius 1 is 1.19 bits per heavy atom. The average molecular weight is 500 g/mol. The first-order valence-electron chi connectivity index (χ1n) is 9.39. The number of guanidine groups is 1. The number of hydrogen-bond acceptors (Lipinski definition) is 3. The third-order valence-corrected chi connectivity index (χ3v) is 5.38. The van der Waals surface area contributed by atoms with Crippen LogP contribution in [0.4, 0.5) is 13.2 Å². The van der Waals surface area contributed by atoms with E-state index in [1.807, 2.05) is 0 Å². The van der Waals surface area contributed by atoms with Crippen LogP contribution in [-0.4, -0.2) is 40.5 Å². The Hall–Kier alpha value is -1.07. The number of halogens is 4. The van der Waals surface area contributed by atoms with Crippen molar-refractivity contribution >= 4 is 29.9 Å². The molecule has 2 heterocycles. The number of nitrogens with one attached hydrogen (secondary N) is 2. The number of nitrogens with zero attached hydrogens (tertiary/aromatic N) is 4. The maximum atomic E-state index is 12.9. The molecule has 2 aliphatic rings. The molecule has 1 aromatic rings. The van der Waals surface area contributed by atoms with E-state index < -0.39 is 12.1 Å². The summed E-state index contributed by atoms with van der Waals surface area (Å²) in [5, 5.41) is 14.8. The van der Waals surface area contributed by atoms with Crippen molar-refractivity contribution in [2.75, 3.05) is 13.6 Å². The zero-order chi connectivity index (χ0) is 18.6. The lowest BCUT2D eigenvalue weighted by Crippen LogP contribution is -2.41. The average Bonchev–Trinajstić information content (AvgIpc) is 3.05. The van der Waals surface area contributed by atoms with E-state index >= 15 is 0 Å². The van der Waals surface area contributed by atoms with Gasteiger partial charge in [0.2, 0.25) is 0 Å². The molecule has 10 heteroatoms. The van der Waals surface area contributed by atoms with Crippen LogP contribution in [0.25, 0.3) is 0 Å². The highest BCUT2D eigenvalue weighted by Crippen LogP contribution is 2.39. The fourth-order valence-corrected chi connectivity index (χ4v) is 3.90. The molecule has 1 aliphatic heterocycles. The lowest BCUT2D eigenvalue weighted by molar-refractivity contribution is -0.185. The second kappa shape index (κ2) is 9.92. The van der Waals surface area contributed by atoms with Gasteiger partial charge in [0.05, 0.1) is 12.5 Å². The highest BCUT2D eigenvalue weighted by Gasteiger charge is 2.42. The normalized spacial score (nSPS) is 23.3. The van der Waals surface area contributed by atoms with Gasteiger partial charge in [-0.3, -0.25) is 4.99 Å². The van der Waals surface area contributed by atoms with E-state index in [4.69, 9.17) is 0 Å². The van der Waals surface area contributed by atoms with Gasteiger partial charge in [-0.15, -0.1) is 34.2 Å². The molecule has 1 fully saturated rings. The molecule has 0 spiro atoms. The Morgan fingerprint density at radius 2 is 2.00 bits per heavy atom. The molecule has 2 unspecified atom stereocenters. The topological polar surface area (TPSA) is 67.1 Å². The van der Waals surface area contributed by atoms with Crippen molar-refractivity contribution in [2.45, 2.75) is 64.2 Å². The minimum atomic E-state index is -4.08. The molecular formula is C17H28F3IN6. The maximum Gasteiger partial charge on any atom is 0.391 e. The highest BCUT2D eigenvalue weighted by molar-refractivity contribution is 14.0. The molecular weight excluding hydrogens is 472 g/mol. The molecule has 6 nitrogen and oxygen atoms in total. The predicted molar refractivity (Wildman–Crippen MR) is 108 cm³/mol. The van der Waals surface area contributed by atoms with Gasteiger partial charge in [-0.1, -0.05) is 6.42 Å². The molecule has 2 atom stereocenters. The summed E-state index contributed by atoms with van der Waals surface area (Å²) in [4.78, 5) is 4.17. The van der Waals surface area contributed by atoms with E-state index in [-0.39, 0.29) is 42.7 Å². The van der Waals surface area contributed by atoms with Crippen LogP contribution < -0.4 is 10.6 Å². The van der Waals surface area contributed by atoms with E-state index in [2.05, 4.69) is 30.4 Å². The molecule has 0 amide bonds. The van der Waals surface area contributed by atoms with Crippen molar-refractivity contribution in [1.29, 1.82) is 0 Å². The van der Waals surface area contributed by atoms with Crippen molar-refractivity contribution < 1.29 is 13.2 Å². The summed E-state index contributed by atoms with van der Waals surface area (Å²) in [6.07, 6.45) is 1.08. The Bertz CT molecular complexity index is 631. The lowest BCUT2D eigenvalue weighted by atomic mass is 9.81. The molecule has 154 valence electrons. The van der Waals surface area contributed by atoms with Crippen molar-refractivity contribution in [3.63, 3.8) is 0 Å². The van der Waals surface area contributed by atoms with Crippen LogP contribution in [0.1, 0.15) is 50.2 Å². The molecule has 0 bridgehead atoms. The monoisotopic (exact) mass is 500 g/mol. The van der Waals surface area contributed by atoms with Gasteiger partial charge in [0.1, 0.15) is 5.82 Å². The lowest BCUT2D eigenvalue weighted by Gasteiger charge is -2.30. The van der Waals surface area contributed by atoms with E-state index in [1.165, 1.54) is 0 Å². The number of aliphatic imine (C=N–C) groups is 1. The second-order valence-corrected chi connectivity index (χ2v) is 7.22. The summed E-state index contributed by atoms with van der Waals surface area (Å²) in [5.74, 6) is 1.34. The Kier molecular flexibility index (Phi) is 8.17. The van der Waals surface area contributed by atoms with E-state index in [0.29, 0.717) is 25.5 Å². The van der Waals surface area contributed by atoms with Gasteiger partial charge in [-0.25, -0.2) is 0 Å². The fourth-order valence-electron chi connectivity index (χ4n) is 3.90. The molecule has 0 radical (unpaired) electrons. The first kappa shape index (κ1) is 22.2. The van der Waals surface area contributed by atoms with Crippen molar-refractivity contribution in [2.24, 2.45) is 16.8 Å². The Morgan fingerprint density at radius 3 is 2.74 bits per heavy atom. The van der Waals surface area contributed by atoms with Gasteiger partial charge >= 0.3 is 6.18 Å². The van der Waals surface area contributed by atoms with Gasteiger partial charge in [0.25, 0.3) is 0 Å². The number of aryl methyl sites for hydroxylation is 1. The zero-order valence-corrected chi connectivity index (χ0v) is 17.9. The van der Waals surface area contributed by atoms with Crippen LogP contribution in [-0.2, 0) is 19.5 Å². The van der Waals surface area contributed by atoms with Gasteiger partial charge in [0, 0.05) is 26.6 Å². The Balaban J connectivity index is 0.00000261. The molecule has 0 aromatic carbocycles. The zero-order valence-electron chi connectivity index (χ0n) is 15.6. The van der Waals surface area contributed by atoms with E-state index in [9.17, 15) is 13.2 Å². The van der Waals surface area contributed by atoms with Crippen LogP contribution in [0.2, 0.25) is 0 Å². The summed E-state index contributed by atoms with van der Waals surface area (Å²) in [7, 11) is 1.66. The van der Waals surface area contributed by atoms with Crippen LogP contribution in [0.3, 0.4) is 0 Å². The molecule has 0 saturated heterocycles. The maximum absolute atomic E-state index is 12.9. The number of rotatable bonds is 4. The SMILES string of the molecule is CN=C(NCc1nnc2n1CCCC2)NCC1CCCC(C(F)(F)F)C1.I. The molecule has 3 rings (SSSR count). The van der Waals surface area contributed by atoms with Gasteiger partial charge in [0.15, 0.2) is 11.8 Å².